The fraction of sp³-hybridized carbons (Fsp3) is 0.483. The number of aryl methyl sites for hydroxylation is 1. The van der Waals surface area contributed by atoms with E-state index in [0.717, 1.165) is 18.2 Å². The van der Waals surface area contributed by atoms with Crippen molar-refractivity contribution in [3.05, 3.63) is 46.1 Å². The highest BCUT2D eigenvalue weighted by atomic mass is 16.6. The van der Waals surface area contributed by atoms with Crippen LogP contribution in [0.25, 0.3) is 10.9 Å². The highest BCUT2D eigenvalue weighted by Gasteiger charge is 2.41. The number of piperidine rings is 1. The lowest BCUT2D eigenvalue weighted by atomic mass is 10.0. The maximum atomic E-state index is 13.2. The summed E-state index contributed by atoms with van der Waals surface area (Å²) in [7, 11) is 3.23. The molecule has 42 heavy (non-hydrogen) atoms. The molecule has 2 amide bonds. The third-order valence-electron chi connectivity index (χ3n) is 7.49. The third kappa shape index (κ3) is 5.90. The van der Waals surface area contributed by atoms with Gasteiger partial charge in [0.2, 0.25) is 5.75 Å². The van der Waals surface area contributed by atoms with Gasteiger partial charge in [-0.05, 0) is 64.7 Å². The van der Waals surface area contributed by atoms with Crippen molar-refractivity contribution in [3.63, 3.8) is 0 Å². The van der Waals surface area contributed by atoms with Crippen molar-refractivity contribution < 1.29 is 29.1 Å². The summed E-state index contributed by atoms with van der Waals surface area (Å²) >= 11 is 0. The molecule has 5 rings (SSSR count). The van der Waals surface area contributed by atoms with E-state index in [1.165, 1.54) is 19.2 Å². The van der Waals surface area contributed by atoms with Crippen LogP contribution in [0.1, 0.15) is 56.8 Å². The first kappa shape index (κ1) is 29.0. The Morgan fingerprint density at radius 3 is 2.40 bits per heavy atom. The van der Waals surface area contributed by atoms with Crippen LogP contribution >= 0.6 is 0 Å². The Morgan fingerprint density at radius 1 is 1.14 bits per heavy atom. The molecule has 1 aliphatic carbocycles. The van der Waals surface area contributed by atoms with Crippen LogP contribution in [0.4, 0.5) is 21.9 Å². The number of phenols is 1. The number of carbonyl (C=O) groups is 2. The summed E-state index contributed by atoms with van der Waals surface area (Å²) in [5.41, 5.74) is -0.155. The summed E-state index contributed by atoms with van der Waals surface area (Å²) in [6, 6.07) is 6.34. The standard InChI is InChI=1S/C29H36N6O7/c1-29(2,3)42-28(38)34(18-6-7-18)19-10-12-33(13-11-19)23-9-8-20(26(36)25(23)35(39)40)27(37)30-22-14-17-16-32(4)31-21(17)15-24(22)41-5/h8-9,14-16,18-19,36H,6-7,10-13H2,1-5H3,(H,30,37). The van der Waals surface area contributed by atoms with Crippen molar-refractivity contribution in [1.82, 2.24) is 14.7 Å². The van der Waals surface area contributed by atoms with Gasteiger partial charge in [0.25, 0.3) is 5.91 Å². The van der Waals surface area contributed by atoms with E-state index in [4.69, 9.17) is 9.47 Å². The van der Waals surface area contributed by atoms with Gasteiger partial charge in [0, 0.05) is 49.9 Å². The van der Waals surface area contributed by atoms with Gasteiger partial charge in [-0.25, -0.2) is 4.79 Å². The first-order valence-electron chi connectivity index (χ1n) is 14.0. The molecule has 1 saturated heterocycles. The predicted octanol–water partition coefficient (Wildman–Crippen LogP) is 4.82. The number of nitrogens with zero attached hydrogens (tertiary/aromatic N) is 5. The number of anilines is 2. The summed E-state index contributed by atoms with van der Waals surface area (Å²) < 4.78 is 12.7. The number of methoxy groups -OCH3 is 1. The summed E-state index contributed by atoms with van der Waals surface area (Å²) in [6.07, 6.45) is 4.50. The molecule has 0 radical (unpaired) electrons. The average molecular weight is 581 g/mol. The molecule has 0 atom stereocenters. The molecule has 2 N–H and O–H groups in total. The van der Waals surface area contributed by atoms with E-state index in [2.05, 4.69) is 10.4 Å². The molecule has 13 heteroatoms. The molecular formula is C29H36N6O7. The number of nitro benzene ring substituents is 1. The average Bonchev–Trinajstić information content (AvgIpc) is 3.67. The zero-order valence-corrected chi connectivity index (χ0v) is 24.4. The number of hydrogen-bond acceptors (Lipinski definition) is 9. The van der Waals surface area contributed by atoms with Crippen LogP contribution in [0.3, 0.4) is 0 Å². The first-order valence-corrected chi connectivity index (χ1v) is 14.0. The van der Waals surface area contributed by atoms with Crippen LogP contribution in [0.15, 0.2) is 30.5 Å². The molecule has 2 aromatic carbocycles. The number of phenolic OH excluding ortho intramolecular Hbond substituents is 1. The summed E-state index contributed by atoms with van der Waals surface area (Å²) in [4.78, 5) is 41.3. The second kappa shape index (κ2) is 11.0. The SMILES string of the molecule is COc1cc2nn(C)cc2cc1NC(=O)c1ccc(N2CCC(N(C(=O)OC(C)(C)C)C3CC3)CC2)c([N+](=O)[O-])c1O. The monoisotopic (exact) mass is 580 g/mol. The number of fused-ring (bicyclic) bond motifs is 1. The number of nitrogens with one attached hydrogen (secondary N) is 1. The number of rotatable bonds is 7. The van der Waals surface area contributed by atoms with Crippen LogP contribution in [-0.2, 0) is 11.8 Å². The third-order valence-corrected chi connectivity index (χ3v) is 7.49. The molecule has 13 nitrogen and oxygen atoms in total. The molecule has 0 bridgehead atoms. The van der Waals surface area contributed by atoms with Gasteiger partial charge in [-0.15, -0.1) is 0 Å². The number of benzene rings is 2. The molecule has 1 saturated carbocycles. The minimum Gasteiger partial charge on any atom is -0.501 e. The highest BCUT2D eigenvalue weighted by Crippen LogP contribution is 2.42. The number of nitro groups is 1. The smallest absolute Gasteiger partial charge is 0.410 e. The Morgan fingerprint density at radius 2 is 1.81 bits per heavy atom. The predicted molar refractivity (Wildman–Crippen MR) is 156 cm³/mol. The lowest BCUT2D eigenvalue weighted by molar-refractivity contribution is -0.385. The molecule has 3 aromatic rings. The summed E-state index contributed by atoms with van der Waals surface area (Å²) in [5, 5.41) is 30.9. The number of ether oxygens (including phenoxy) is 2. The van der Waals surface area contributed by atoms with Crippen molar-refractivity contribution in [1.29, 1.82) is 0 Å². The van der Waals surface area contributed by atoms with Crippen LogP contribution in [0, 0.1) is 10.1 Å². The molecule has 0 spiro atoms. The molecule has 2 fully saturated rings. The summed E-state index contributed by atoms with van der Waals surface area (Å²) in [5.74, 6) is -1.08. The number of amides is 2. The number of aromatic hydroxyl groups is 1. The van der Waals surface area contributed by atoms with Crippen LogP contribution in [-0.4, -0.2) is 74.6 Å². The lowest BCUT2D eigenvalue weighted by Crippen LogP contribution is -2.50. The largest absolute Gasteiger partial charge is 0.501 e. The fourth-order valence-corrected chi connectivity index (χ4v) is 5.47. The Hall–Kier alpha value is -4.55. The van der Waals surface area contributed by atoms with Crippen LogP contribution in [0.5, 0.6) is 11.5 Å². The maximum absolute atomic E-state index is 13.2. The highest BCUT2D eigenvalue weighted by molar-refractivity contribution is 6.09. The van der Waals surface area contributed by atoms with Gasteiger partial charge in [0.15, 0.2) is 0 Å². The molecular weight excluding hydrogens is 544 g/mol. The van der Waals surface area contributed by atoms with Gasteiger partial charge >= 0.3 is 11.8 Å². The first-order chi connectivity index (χ1) is 19.9. The molecule has 0 unspecified atom stereocenters. The lowest BCUT2D eigenvalue weighted by Gasteiger charge is -2.39. The maximum Gasteiger partial charge on any atom is 0.410 e. The normalized spacial score (nSPS) is 15.9. The van der Waals surface area contributed by atoms with Gasteiger partial charge in [0.1, 0.15) is 17.0 Å². The van der Waals surface area contributed by atoms with Crippen molar-refractivity contribution in [2.24, 2.45) is 7.05 Å². The van der Waals surface area contributed by atoms with E-state index in [0.29, 0.717) is 42.9 Å². The van der Waals surface area contributed by atoms with E-state index in [9.17, 15) is 24.8 Å². The Bertz CT molecular complexity index is 1530. The van der Waals surface area contributed by atoms with Crippen molar-refractivity contribution in [2.45, 2.75) is 64.1 Å². The van der Waals surface area contributed by atoms with Crippen LogP contribution < -0.4 is 15.0 Å². The van der Waals surface area contributed by atoms with E-state index in [1.807, 2.05) is 30.6 Å². The minimum absolute atomic E-state index is 0.0477. The quantitative estimate of drug-likeness (QED) is 0.296. The topological polar surface area (TPSA) is 152 Å². The second-order valence-corrected chi connectivity index (χ2v) is 11.8. The Labute approximate surface area is 243 Å². The van der Waals surface area contributed by atoms with Gasteiger partial charge in [0.05, 0.1) is 28.8 Å². The molecule has 1 aliphatic heterocycles. The zero-order chi connectivity index (χ0) is 30.3. The van der Waals surface area contributed by atoms with E-state index in [1.54, 1.807) is 30.1 Å². The number of aromatic nitrogens is 2. The van der Waals surface area contributed by atoms with E-state index < -0.39 is 27.9 Å². The van der Waals surface area contributed by atoms with Gasteiger partial charge in [-0.3, -0.25) is 19.6 Å². The summed E-state index contributed by atoms with van der Waals surface area (Å²) in [6.45, 7) is 6.38. The van der Waals surface area contributed by atoms with Crippen molar-refractivity contribution in [2.75, 3.05) is 30.4 Å². The minimum atomic E-state index is -0.722. The molecule has 2 heterocycles. The van der Waals surface area contributed by atoms with Crippen molar-refractivity contribution in [3.8, 4) is 11.5 Å². The molecule has 2 aliphatic rings. The van der Waals surface area contributed by atoms with Gasteiger partial charge in [-0.1, -0.05) is 0 Å². The second-order valence-electron chi connectivity index (χ2n) is 11.8. The Balaban J connectivity index is 1.35. The van der Waals surface area contributed by atoms with E-state index in [-0.39, 0.29) is 29.4 Å². The molecule has 224 valence electrons. The van der Waals surface area contributed by atoms with Gasteiger partial charge in [-0.2, -0.15) is 5.10 Å². The molecule has 1 aromatic heterocycles. The number of carbonyl (C=O) groups excluding carboxylic acids is 2. The fourth-order valence-electron chi connectivity index (χ4n) is 5.47. The van der Waals surface area contributed by atoms with Crippen molar-refractivity contribution >= 4 is 40.0 Å². The van der Waals surface area contributed by atoms with Crippen LogP contribution in [0.2, 0.25) is 0 Å². The van der Waals surface area contributed by atoms with E-state index >= 15 is 0 Å². The number of hydrogen-bond donors (Lipinski definition) is 2. The Kier molecular flexibility index (Phi) is 7.60. The zero-order valence-electron chi connectivity index (χ0n) is 24.4. The van der Waals surface area contributed by atoms with Gasteiger partial charge < -0.3 is 29.7 Å².